The van der Waals surface area contributed by atoms with Gasteiger partial charge in [0.2, 0.25) is 11.8 Å². The first-order valence-electron chi connectivity index (χ1n) is 11.2. The van der Waals surface area contributed by atoms with E-state index < -0.39 is 34.4 Å². The zero-order valence-corrected chi connectivity index (χ0v) is 23.5. The summed E-state index contributed by atoms with van der Waals surface area (Å²) in [6, 6.07) is 16.7. The van der Waals surface area contributed by atoms with Crippen LogP contribution in [0.25, 0.3) is 0 Å². The number of amides is 2. The molecule has 0 aliphatic carbocycles. The van der Waals surface area contributed by atoms with Crippen molar-refractivity contribution in [3.63, 3.8) is 0 Å². The van der Waals surface area contributed by atoms with Gasteiger partial charge in [-0.15, -0.1) is 0 Å². The van der Waals surface area contributed by atoms with Gasteiger partial charge in [-0.3, -0.25) is 13.9 Å². The number of nitrogens with zero attached hydrogens (tertiary/aromatic N) is 2. The van der Waals surface area contributed by atoms with E-state index in [1.54, 1.807) is 49.4 Å². The standard InChI is InChI=1S/C26H26Cl3N3O4S/c1-17-11-13-20(14-12-17)37(35,36)32(23-10-6-9-22(28)25(23)29)16-24(33)31(18(2)26(34)30-3)15-19-7-4-5-8-21(19)27/h4-14,18H,15-16H2,1-3H3,(H,30,34)/t18-/m0/s1. The predicted molar refractivity (Wildman–Crippen MR) is 148 cm³/mol. The molecule has 0 bridgehead atoms. The third-order valence-corrected chi connectivity index (χ3v) is 8.75. The number of benzene rings is 3. The maximum Gasteiger partial charge on any atom is 0.264 e. The maximum absolute atomic E-state index is 13.8. The third kappa shape index (κ3) is 6.57. The van der Waals surface area contributed by atoms with Crippen molar-refractivity contribution in [1.82, 2.24) is 10.2 Å². The summed E-state index contributed by atoms with van der Waals surface area (Å²) in [5.41, 5.74) is 1.50. The van der Waals surface area contributed by atoms with Gasteiger partial charge in [-0.1, -0.05) is 76.8 Å². The number of hydrogen-bond donors (Lipinski definition) is 1. The molecule has 0 spiro atoms. The van der Waals surface area contributed by atoms with E-state index in [4.69, 9.17) is 34.8 Å². The number of carbonyl (C=O) groups is 2. The summed E-state index contributed by atoms with van der Waals surface area (Å²) in [5.74, 6) is -1.06. The molecule has 7 nitrogen and oxygen atoms in total. The number of hydrogen-bond acceptors (Lipinski definition) is 4. The highest BCUT2D eigenvalue weighted by Gasteiger charge is 2.33. The second-order valence-corrected chi connectivity index (χ2v) is 11.4. The van der Waals surface area contributed by atoms with Gasteiger partial charge in [0.25, 0.3) is 10.0 Å². The summed E-state index contributed by atoms with van der Waals surface area (Å²) >= 11 is 18.9. The number of sulfonamides is 1. The zero-order chi connectivity index (χ0) is 27.3. The minimum atomic E-state index is -4.26. The summed E-state index contributed by atoms with van der Waals surface area (Å²) in [4.78, 5) is 27.5. The van der Waals surface area contributed by atoms with E-state index in [0.29, 0.717) is 10.6 Å². The van der Waals surface area contributed by atoms with Crippen LogP contribution in [0, 0.1) is 6.92 Å². The van der Waals surface area contributed by atoms with Crippen molar-refractivity contribution in [1.29, 1.82) is 0 Å². The highest BCUT2D eigenvalue weighted by Crippen LogP contribution is 2.35. The van der Waals surface area contributed by atoms with Gasteiger partial charge >= 0.3 is 0 Å². The zero-order valence-electron chi connectivity index (χ0n) is 20.4. The van der Waals surface area contributed by atoms with Crippen molar-refractivity contribution in [2.24, 2.45) is 0 Å². The Morgan fingerprint density at radius 1 is 0.919 bits per heavy atom. The molecule has 3 rings (SSSR count). The van der Waals surface area contributed by atoms with Crippen molar-refractivity contribution in [2.45, 2.75) is 31.3 Å². The predicted octanol–water partition coefficient (Wildman–Crippen LogP) is 5.31. The second-order valence-electron chi connectivity index (χ2n) is 8.30. The van der Waals surface area contributed by atoms with Crippen LogP contribution in [0.2, 0.25) is 15.1 Å². The minimum absolute atomic E-state index is 0.0191. The molecule has 0 aromatic heterocycles. The molecule has 0 saturated heterocycles. The van der Waals surface area contributed by atoms with Gasteiger partial charge in [0.05, 0.1) is 20.6 Å². The van der Waals surface area contributed by atoms with Crippen LogP contribution in [0.15, 0.2) is 71.6 Å². The Kier molecular flexibility index (Phi) is 9.47. The number of aryl methyl sites for hydroxylation is 1. The fourth-order valence-electron chi connectivity index (χ4n) is 3.64. The van der Waals surface area contributed by atoms with Gasteiger partial charge in [-0.25, -0.2) is 8.42 Å². The van der Waals surface area contributed by atoms with E-state index in [2.05, 4.69) is 5.32 Å². The summed E-state index contributed by atoms with van der Waals surface area (Å²) < 4.78 is 28.5. The summed E-state index contributed by atoms with van der Waals surface area (Å²) in [7, 11) is -2.80. The minimum Gasteiger partial charge on any atom is -0.357 e. The van der Waals surface area contributed by atoms with E-state index >= 15 is 0 Å². The summed E-state index contributed by atoms with van der Waals surface area (Å²) in [5, 5.41) is 3.04. The van der Waals surface area contributed by atoms with Crippen LogP contribution in [0.3, 0.4) is 0 Å². The van der Waals surface area contributed by atoms with Gasteiger partial charge < -0.3 is 10.2 Å². The number of likely N-dealkylation sites (N-methyl/N-ethyl adjacent to an activating group) is 1. The van der Waals surface area contributed by atoms with E-state index in [0.717, 1.165) is 9.87 Å². The maximum atomic E-state index is 13.8. The van der Waals surface area contributed by atoms with Crippen LogP contribution < -0.4 is 9.62 Å². The smallest absolute Gasteiger partial charge is 0.264 e. The Labute approximate surface area is 232 Å². The molecule has 0 heterocycles. The molecule has 0 fully saturated rings. The van der Waals surface area contributed by atoms with Crippen molar-refractivity contribution in [3.05, 3.63) is 92.9 Å². The Hall–Kier alpha value is -2.78. The number of rotatable bonds is 9. The summed E-state index contributed by atoms with van der Waals surface area (Å²) in [6.07, 6.45) is 0. The second kappa shape index (κ2) is 12.2. The topological polar surface area (TPSA) is 86.8 Å². The van der Waals surface area contributed by atoms with Crippen LogP contribution in [0.5, 0.6) is 0 Å². The Morgan fingerprint density at radius 3 is 2.16 bits per heavy atom. The lowest BCUT2D eigenvalue weighted by Crippen LogP contribution is -2.50. The van der Waals surface area contributed by atoms with Crippen molar-refractivity contribution >= 4 is 62.3 Å². The van der Waals surface area contributed by atoms with Gasteiger partial charge in [-0.05, 0) is 49.7 Å². The van der Waals surface area contributed by atoms with Crippen molar-refractivity contribution in [3.8, 4) is 0 Å². The van der Waals surface area contributed by atoms with Gasteiger partial charge in [-0.2, -0.15) is 0 Å². The Balaban J connectivity index is 2.09. The van der Waals surface area contributed by atoms with Crippen molar-refractivity contribution in [2.75, 3.05) is 17.9 Å². The first-order valence-corrected chi connectivity index (χ1v) is 13.8. The third-order valence-electron chi connectivity index (χ3n) is 5.80. The lowest BCUT2D eigenvalue weighted by Gasteiger charge is -2.32. The SMILES string of the molecule is CNC(=O)[C@H](C)N(Cc1ccccc1Cl)C(=O)CN(c1cccc(Cl)c1Cl)S(=O)(=O)c1ccc(C)cc1. The quantitative estimate of drug-likeness (QED) is 0.370. The average molecular weight is 583 g/mol. The normalized spacial score (nSPS) is 12.1. The molecular formula is C26H26Cl3N3O4S. The van der Waals surface area contributed by atoms with E-state index in [1.165, 1.54) is 36.2 Å². The molecule has 1 atom stereocenters. The van der Waals surface area contributed by atoms with Crippen LogP contribution in [-0.2, 0) is 26.2 Å². The molecule has 0 radical (unpaired) electrons. The van der Waals surface area contributed by atoms with E-state index in [-0.39, 0.29) is 27.2 Å². The van der Waals surface area contributed by atoms with Crippen LogP contribution >= 0.6 is 34.8 Å². The molecule has 0 saturated carbocycles. The fourth-order valence-corrected chi connectivity index (χ4v) is 5.71. The fraction of sp³-hybridized carbons (Fsp3) is 0.231. The number of nitrogens with one attached hydrogen (secondary N) is 1. The highest BCUT2D eigenvalue weighted by atomic mass is 35.5. The van der Waals surface area contributed by atoms with Crippen LogP contribution in [-0.4, -0.2) is 44.8 Å². The number of anilines is 1. The van der Waals surface area contributed by atoms with E-state index in [1.807, 2.05) is 6.92 Å². The number of carbonyl (C=O) groups excluding carboxylic acids is 2. The number of halogens is 3. The van der Waals surface area contributed by atoms with Gasteiger partial charge in [0.15, 0.2) is 0 Å². The van der Waals surface area contributed by atoms with Gasteiger partial charge in [0, 0.05) is 18.6 Å². The molecule has 2 amide bonds. The molecule has 3 aromatic rings. The largest absolute Gasteiger partial charge is 0.357 e. The van der Waals surface area contributed by atoms with Gasteiger partial charge in [0.1, 0.15) is 12.6 Å². The van der Waals surface area contributed by atoms with Crippen LogP contribution in [0.4, 0.5) is 5.69 Å². The Morgan fingerprint density at radius 2 is 1.54 bits per heavy atom. The van der Waals surface area contributed by atoms with E-state index in [9.17, 15) is 18.0 Å². The highest BCUT2D eigenvalue weighted by molar-refractivity contribution is 7.92. The molecule has 3 aromatic carbocycles. The summed E-state index contributed by atoms with van der Waals surface area (Å²) in [6.45, 7) is 2.73. The first-order chi connectivity index (χ1) is 17.5. The lowest BCUT2D eigenvalue weighted by molar-refractivity contribution is -0.139. The molecule has 37 heavy (non-hydrogen) atoms. The average Bonchev–Trinajstić information content (AvgIpc) is 2.87. The monoisotopic (exact) mass is 581 g/mol. The molecule has 1 N–H and O–H groups in total. The molecule has 196 valence electrons. The molecule has 0 aliphatic heterocycles. The molecule has 0 aliphatic rings. The Bertz CT molecular complexity index is 1400. The lowest BCUT2D eigenvalue weighted by atomic mass is 10.1. The van der Waals surface area contributed by atoms with Crippen molar-refractivity contribution < 1.29 is 18.0 Å². The first kappa shape index (κ1) is 28.8. The molecule has 11 heteroatoms. The van der Waals surface area contributed by atoms with Crippen LogP contribution in [0.1, 0.15) is 18.1 Å². The molecular weight excluding hydrogens is 557 g/mol. The molecule has 0 unspecified atom stereocenters.